The molecule has 0 atom stereocenters. The first-order valence-corrected chi connectivity index (χ1v) is 6.03. The van der Waals surface area contributed by atoms with E-state index >= 15 is 0 Å². The molecule has 0 saturated carbocycles. The minimum absolute atomic E-state index is 0.323. The summed E-state index contributed by atoms with van der Waals surface area (Å²) in [5.41, 5.74) is 0.797. The third-order valence-electron chi connectivity index (χ3n) is 1.93. The molecule has 3 nitrogen and oxygen atoms in total. The van der Waals surface area contributed by atoms with Gasteiger partial charge < -0.3 is 4.98 Å². The number of nitrogens with one attached hydrogen (secondary N) is 1. The van der Waals surface area contributed by atoms with Gasteiger partial charge in [-0.15, -0.1) is 11.8 Å². The number of halogens is 1. The molecule has 1 aromatic heterocycles. The van der Waals surface area contributed by atoms with E-state index < -0.39 is 0 Å². The fraction of sp³-hybridized carbons (Fsp3) is 0.0909. The van der Waals surface area contributed by atoms with E-state index in [1.54, 1.807) is 17.8 Å². The number of hydrogen-bond acceptors (Lipinski definition) is 3. The predicted octanol–water partition coefficient (Wildman–Crippen LogP) is 2.72. The molecule has 0 aliphatic carbocycles. The first-order chi connectivity index (χ1) is 7.74. The largest absolute Gasteiger partial charge is 0.345 e. The monoisotopic (exact) mass is 252 g/mol. The Morgan fingerprint density at radius 1 is 1.38 bits per heavy atom. The van der Waals surface area contributed by atoms with Crippen molar-refractivity contribution in [3.05, 3.63) is 57.6 Å². The van der Waals surface area contributed by atoms with Crippen molar-refractivity contribution >= 4 is 23.4 Å². The highest BCUT2D eigenvalue weighted by molar-refractivity contribution is 7.98. The van der Waals surface area contributed by atoms with Crippen molar-refractivity contribution in [2.45, 2.75) is 10.8 Å². The molecule has 0 bridgehead atoms. The number of nitrogens with zero attached hydrogens (tertiary/aromatic N) is 1. The first kappa shape index (κ1) is 11.2. The molecular weight excluding hydrogens is 244 g/mol. The Morgan fingerprint density at radius 2 is 2.25 bits per heavy atom. The van der Waals surface area contributed by atoms with Crippen LogP contribution in [0.15, 0.2) is 46.3 Å². The van der Waals surface area contributed by atoms with Crippen LogP contribution in [0.1, 0.15) is 5.56 Å². The Kier molecular flexibility index (Phi) is 3.64. The number of aromatic nitrogens is 2. The van der Waals surface area contributed by atoms with Crippen LogP contribution in [0.4, 0.5) is 0 Å². The van der Waals surface area contributed by atoms with Crippen LogP contribution >= 0.6 is 23.4 Å². The zero-order valence-corrected chi connectivity index (χ0v) is 9.89. The lowest BCUT2D eigenvalue weighted by atomic mass is 10.2. The van der Waals surface area contributed by atoms with Crippen LogP contribution in [0.25, 0.3) is 0 Å². The molecule has 2 rings (SSSR count). The predicted molar refractivity (Wildman–Crippen MR) is 65.9 cm³/mol. The summed E-state index contributed by atoms with van der Waals surface area (Å²) in [6.07, 6.45) is 1.50. The van der Waals surface area contributed by atoms with Crippen molar-refractivity contribution in [2.75, 3.05) is 0 Å². The number of hydrogen-bond donors (Lipinski definition) is 1. The Morgan fingerprint density at radius 3 is 3.00 bits per heavy atom. The minimum Gasteiger partial charge on any atom is -0.300 e. The minimum atomic E-state index is -0.323. The smallest absolute Gasteiger partial charge is 0.300 e. The average molecular weight is 253 g/mol. The number of H-pyrrole nitrogens is 1. The van der Waals surface area contributed by atoms with Gasteiger partial charge in [0, 0.05) is 17.0 Å². The lowest BCUT2D eigenvalue weighted by Gasteiger charge is -2.01. The molecule has 5 heteroatoms. The van der Waals surface area contributed by atoms with Crippen LogP contribution in [0.2, 0.25) is 5.02 Å². The van der Waals surface area contributed by atoms with E-state index in [0.29, 0.717) is 0 Å². The average Bonchev–Trinajstić information content (AvgIpc) is 2.27. The molecule has 2 aromatic rings. The van der Waals surface area contributed by atoms with Gasteiger partial charge in [-0.25, -0.2) is 9.78 Å². The summed E-state index contributed by atoms with van der Waals surface area (Å²) in [7, 11) is 0. The summed E-state index contributed by atoms with van der Waals surface area (Å²) in [6.45, 7) is 0. The molecule has 0 radical (unpaired) electrons. The highest BCUT2D eigenvalue weighted by Crippen LogP contribution is 2.21. The van der Waals surface area contributed by atoms with Gasteiger partial charge in [0.2, 0.25) is 0 Å². The van der Waals surface area contributed by atoms with E-state index in [1.807, 2.05) is 24.3 Å². The molecular formula is C11H9ClN2OS. The molecule has 0 amide bonds. The number of aromatic amines is 1. The second kappa shape index (κ2) is 5.18. The summed E-state index contributed by atoms with van der Waals surface area (Å²) in [4.78, 5) is 17.2. The maximum atomic E-state index is 11.0. The van der Waals surface area contributed by atoms with Crippen molar-refractivity contribution in [1.29, 1.82) is 0 Å². The summed E-state index contributed by atoms with van der Waals surface area (Å²) < 4.78 is 0. The molecule has 0 aliphatic rings. The quantitative estimate of drug-likeness (QED) is 0.675. The van der Waals surface area contributed by atoms with Gasteiger partial charge in [-0.2, -0.15) is 0 Å². The number of thioether (sulfide) groups is 1. The van der Waals surface area contributed by atoms with Crippen LogP contribution in [0, 0.1) is 0 Å². The Hall–Kier alpha value is -1.26. The highest BCUT2D eigenvalue weighted by atomic mass is 35.5. The molecule has 1 aromatic carbocycles. The summed E-state index contributed by atoms with van der Waals surface area (Å²) in [5.74, 6) is 0.764. The van der Waals surface area contributed by atoms with Crippen LogP contribution in [-0.2, 0) is 5.75 Å². The van der Waals surface area contributed by atoms with E-state index in [4.69, 9.17) is 11.6 Å². The maximum Gasteiger partial charge on any atom is 0.345 e. The third-order valence-corrected chi connectivity index (χ3v) is 3.19. The SMILES string of the molecule is O=c1nccc(SCc2cccc(Cl)c2)[nH]1. The molecule has 0 saturated heterocycles. The fourth-order valence-corrected chi connectivity index (χ4v) is 2.26. The van der Waals surface area contributed by atoms with Gasteiger partial charge in [0.15, 0.2) is 0 Å². The van der Waals surface area contributed by atoms with Crippen molar-refractivity contribution in [3.8, 4) is 0 Å². The van der Waals surface area contributed by atoms with Gasteiger partial charge in [0.1, 0.15) is 0 Å². The second-order valence-electron chi connectivity index (χ2n) is 3.16. The van der Waals surface area contributed by atoms with Crippen molar-refractivity contribution in [3.63, 3.8) is 0 Å². The van der Waals surface area contributed by atoms with Gasteiger partial charge in [-0.1, -0.05) is 23.7 Å². The molecule has 1 N–H and O–H groups in total. The van der Waals surface area contributed by atoms with Gasteiger partial charge in [-0.05, 0) is 23.8 Å². The molecule has 82 valence electrons. The standard InChI is InChI=1S/C11H9ClN2OS/c12-9-3-1-2-8(6-9)7-16-10-4-5-13-11(15)14-10/h1-6H,7H2,(H,13,14,15). The lowest BCUT2D eigenvalue weighted by Crippen LogP contribution is -2.08. The Bertz CT molecular complexity index is 541. The van der Waals surface area contributed by atoms with E-state index in [2.05, 4.69) is 9.97 Å². The van der Waals surface area contributed by atoms with Crippen LogP contribution < -0.4 is 5.69 Å². The van der Waals surface area contributed by atoms with E-state index in [9.17, 15) is 4.79 Å². The number of rotatable bonds is 3. The molecule has 0 fully saturated rings. The van der Waals surface area contributed by atoms with Gasteiger partial charge >= 0.3 is 5.69 Å². The molecule has 16 heavy (non-hydrogen) atoms. The van der Waals surface area contributed by atoms with E-state index in [-0.39, 0.29) is 5.69 Å². The Labute approximate surface area is 102 Å². The maximum absolute atomic E-state index is 11.0. The summed E-state index contributed by atoms with van der Waals surface area (Å²) in [5, 5.41) is 1.53. The second-order valence-corrected chi connectivity index (χ2v) is 4.61. The van der Waals surface area contributed by atoms with Crippen LogP contribution in [0.3, 0.4) is 0 Å². The van der Waals surface area contributed by atoms with Gasteiger partial charge in [-0.3, -0.25) is 0 Å². The van der Waals surface area contributed by atoms with E-state index in [1.165, 1.54) is 6.20 Å². The van der Waals surface area contributed by atoms with Gasteiger partial charge in [0.05, 0.1) is 5.03 Å². The topological polar surface area (TPSA) is 45.8 Å². The molecule has 0 spiro atoms. The third kappa shape index (κ3) is 3.12. The number of benzene rings is 1. The molecule has 0 unspecified atom stereocenters. The normalized spacial score (nSPS) is 10.3. The molecule has 1 heterocycles. The zero-order chi connectivity index (χ0) is 11.4. The van der Waals surface area contributed by atoms with Gasteiger partial charge in [0.25, 0.3) is 0 Å². The summed E-state index contributed by atoms with van der Waals surface area (Å²) >= 11 is 7.42. The van der Waals surface area contributed by atoms with Crippen LogP contribution in [0.5, 0.6) is 0 Å². The Balaban J connectivity index is 2.05. The lowest BCUT2D eigenvalue weighted by molar-refractivity contribution is 0.978. The van der Waals surface area contributed by atoms with Crippen molar-refractivity contribution in [1.82, 2.24) is 9.97 Å². The first-order valence-electron chi connectivity index (χ1n) is 4.66. The molecule has 0 aliphatic heterocycles. The van der Waals surface area contributed by atoms with E-state index in [0.717, 1.165) is 21.4 Å². The zero-order valence-electron chi connectivity index (χ0n) is 8.31. The van der Waals surface area contributed by atoms with Crippen molar-refractivity contribution < 1.29 is 0 Å². The van der Waals surface area contributed by atoms with Crippen LogP contribution in [-0.4, -0.2) is 9.97 Å². The highest BCUT2D eigenvalue weighted by Gasteiger charge is 1.98. The summed E-state index contributed by atoms with van der Waals surface area (Å²) in [6, 6.07) is 9.43. The fourth-order valence-electron chi connectivity index (χ4n) is 1.22. The van der Waals surface area contributed by atoms with Crippen molar-refractivity contribution in [2.24, 2.45) is 0 Å².